The monoisotopic (exact) mass is 277 g/mol. The van der Waals surface area contributed by atoms with Crippen LogP contribution < -0.4 is 0 Å². The molecule has 96 valence electrons. The van der Waals surface area contributed by atoms with Crippen LogP contribution in [0.3, 0.4) is 0 Å². The van der Waals surface area contributed by atoms with Gasteiger partial charge < -0.3 is 9.52 Å². The number of aliphatic hydroxyl groups excluding tert-OH is 1. The minimum absolute atomic E-state index is 0.314. The Morgan fingerprint density at radius 1 is 1.26 bits per heavy atom. The Bertz CT molecular complexity index is 741. The van der Waals surface area contributed by atoms with E-state index in [1.54, 1.807) is 12.1 Å². The van der Waals surface area contributed by atoms with E-state index in [1.165, 1.54) is 30.6 Å². The predicted molar refractivity (Wildman–Crippen MR) is 69.5 cm³/mol. The molecule has 0 amide bonds. The summed E-state index contributed by atoms with van der Waals surface area (Å²) in [6.07, 6.45) is 1.97. The van der Waals surface area contributed by atoms with Crippen molar-refractivity contribution in [3.05, 3.63) is 64.9 Å². The standard InChI is InChI=1S/C14H9ClFNO2/c15-11-7-17-4-3-10(11)14(18)13-6-8-5-9(16)1-2-12(8)19-13/h1-7,14,18H. The van der Waals surface area contributed by atoms with Gasteiger partial charge in [-0.1, -0.05) is 11.6 Å². The van der Waals surface area contributed by atoms with Gasteiger partial charge in [0.25, 0.3) is 0 Å². The molecule has 3 rings (SSSR count). The van der Waals surface area contributed by atoms with E-state index in [2.05, 4.69) is 4.98 Å². The lowest BCUT2D eigenvalue weighted by molar-refractivity contribution is 0.192. The van der Waals surface area contributed by atoms with Gasteiger partial charge in [0.2, 0.25) is 0 Å². The third kappa shape index (κ3) is 2.20. The first-order valence-electron chi connectivity index (χ1n) is 5.61. The zero-order valence-electron chi connectivity index (χ0n) is 9.68. The number of aromatic nitrogens is 1. The molecule has 0 saturated carbocycles. The number of rotatable bonds is 2. The van der Waals surface area contributed by atoms with E-state index in [4.69, 9.17) is 16.0 Å². The Kier molecular flexibility index (Phi) is 2.97. The van der Waals surface area contributed by atoms with Crippen LogP contribution in [0.2, 0.25) is 5.02 Å². The SMILES string of the molecule is OC(c1cc2cc(F)ccc2o1)c1ccncc1Cl. The lowest BCUT2D eigenvalue weighted by Gasteiger charge is -2.08. The highest BCUT2D eigenvalue weighted by molar-refractivity contribution is 6.31. The third-order valence-electron chi connectivity index (χ3n) is 2.87. The summed E-state index contributed by atoms with van der Waals surface area (Å²) in [5.41, 5.74) is 1.01. The molecular weight excluding hydrogens is 269 g/mol. The second-order valence-electron chi connectivity index (χ2n) is 4.13. The Morgan fingerprint density at radius 3 is 2.89 bits per heavy atom. The van der Waals surface area contributed by atoms with Gasteiger partial charge in [-0.05, 0) is 30.3 Å². The molecular formula is C14H9ClFNO2. The van der Waals surface area contributed by atoms with Crippen molar-refractivity contribution in [2.24, 2.45) is 0 Å². The van der Waals surface area contributed by atoms with Gasteiger partial charge in [-0.25, -0.2) is 4.39 Å². The van der Waals surface area contributed by atoms with E-state index in [9.17, 15) is 9.50 Å². The molecule has 1 unspecified atom stereocenters. The summed E-state index contributed by atoms with van der Waals surface area (Å²) in [4.78, 5) is 3.85. The molecule has 2 heterocycles. The molecule has 3 nitrogen and oxygen atoms in total. The zero-order valence-corrected chi connectivity index (χ0v) is 10.4. The Balaban J connectivity index is 2.07. The van der Waals surface area contributed by atoms with Crippen molar-refractivity contribution in [3.63, 3.8) is 0 Å². The number of fused-ring (bicyclic) bond motifs is 1. The van der Waals surface area contributed by atoms with Crippen molar-refractivity contribution < 1.29 is 13.9 Å². The summed E-state index contributed by atoms with van der Waals surface area (Å²) in [5.74, 6) is -0.0371. The molecule has 0 radical (unpaired) electrons. The van der Waals surface area contributed by atoms with Crippen molar-refractivity contribution in [2.75, 3.05) is 0 Å². The minimum Gasteiger partial charge on any atom is -0.458 e. The average molecular weight is 278 g/mol. The van der Waals surface area contributed by atoms with Crippen LogP contribution in [0.5, 0.6) is 0 Å². The summed E-state index contributed by atoms with van der Waals surface area (Å²) in [7, 11) is 0. The Labute approximate surface area is 113 Å². The van der Waals surface area contributed by atoms with Crippen LogP contribution in [0.25, 0.3) is 11.0 Å². The molecule has 0 spiro atoms. The Hall–Kier alpha value is -1.91. The van der Waals surface area contributed by atoms with Crippen LogP contribution >= 0.6 is 11.6 Å². The van der Waals surface area contributed by atoms with E-state index < -0.39 is 6.10 Å². The molecule has 0 saturated heterocycles. The largest absolute Gasteiger partial charge is 0.458 e. The summed E-state index contributed by atoms with van der Waals surface area (Å²) < 4.78 is 18.6. The summed E-state index contributed by atoms with van der Waals surface area (Å²) >= 11 is 5.97. The number of halogens is 2. The molecule has 19 heavy (non-hydrogen) atoms. The smallest absolute Gasteiger partial charge is 0.138 e. The number of pyridine rings is 1. The first-order chi connectivity index (χ1) is 9.15. The molecule has 2 aromatic heterocycles. The summed E-state index contributed by atoms with van der Waals surface area (Å²) in [6, 6.07) is 7.39. The third-order valence-corrected chi connectivity index (χ3v) is 3.18. The van der Waals surface area contributed by atoms with Crippen LogP contribution in [-0.4, -0.2) is 10.1 Å². The van der Waals surface area contributed by atoms with E-state index in [1.807, 2.05) is 0 Å². The van der Waals surface area contributed by atoms with Gasteiger partial charge in [0.1, 0.15) is 23.3 Å². The highest BCUT2D eigenvalue weighted by atomic mass is 35.5. The second kappa shape index (κ2) is 4.64. The molecule has 3 aromatic rings. The molecule has 0 fully saturated rings. The van der Waals surface area contributed by atoms with Gasteiger partial charge in [0.15, 0.2) is 0 Å². The van der Waals surface area contributed by atoms with Crippen LogP contribution in [0.4, 0.5) is 4.39 Å². The predicted octanol–water partition coefficient (Wildman–Crippen LogP) is 3.70. The van der Waals surface area contributed by atoms with Gasteiger partial charge in [-0.3, -0.25) is 4.98 Å². The zero-order chi connectivity index (χ0) is 13.4. The molecule has 0 bridgehead atoms. The van der Waals surface area contributed by atoms with E-state index >= 15 is 0 Å². The molecule has 1 aromatic carbocycles. The number of nitrogens with zero attached hydrogens (tertiary/aromatic N) is 1. The van der Waals surface area contributed by atoms with Crippen molar-refractivity contribution in [1.29, 1.82) is 0 Å². The molecule has 5 heteroatoms. The van der Waals surface area contributed by atoms with Crippen LogP contribution in [0.1, 0.15) is 17.4 Å². The fourth-order valence-electron chi connectivity index (χ4n) is 1.93. The first kappa shape index (κ1) is 12.1. The topological polar surface area (TPSA) is 46.3 Å². The maximum absolute atomic E-state index is 13.1. The fourth-order valence-corrected chi connectivity index (χ4v) is 2.15. The first-order valence-corrected chi connectivity index (χ1v) is 5.99. The Morgan fingerprint density at radius 2 is 2.11 bits per heavy atom. The lowest BCUT2D eigenvalue weighted by atomic mass is 10.1. The van der Waals surface area contributed by atoms with Crippen LogP contribution in [-0.2, 0) is 0 Å². The number of hydrogen-bond donors (Lipinski definition) is 1. The normalized spacial score (nSPS) is 12.8. The number of benzene rings is 1. The number of furan rings is 1. The van der Waals surface area contributed by atoms with E-state index in [0.29, 0.717) is 27.3 Å². The quantitative estimate of drug-likeness (QED) is 0.777. The van der Waals surface area contributed by atoms with Crippen molar-refractivity contribution >= 4 is 22.6 Å². The molecule has 0 aliphatic rings. The van der Waals surface area contributed by atoms with E-state index in [-0.39, 0.29) is 5.82 Å². The van der Waals surface area contributed by atoms with Gasteiger partial charge >= 0.3 is 0 Å². The highest BCUT2D eigenvalue weighted by Crippen LogP contribution is 2.31. The van der Waals surface area contributed by atoms with Gasteiger partial charge in [0.05, 0.1) is 5.02 Å². The van der Waals surface area contributed by atoms with E-state index in [0.717, 1.165) is 0 Å². The van der Waals surface area contributed by atoms with Crippen molar-refractivity contribution in [3.8, 4) is 0 Å². The molecule has 1 N–H and O–H groups in total. The van der Waals surface area contributed by atoms with Crippen LogP contribution in [0.15, 0.2) is 47.1 Å². The van der Waals surface area contributed by atoms with Crippen molar-refractivity contribution in [2.45, 2.75) is 6.10 Å². The summed E-state index contributed by atoms with van der Waals surface area (Å²) in [5, 5.41) is 11.2. The molecule has 0 aliphatic heterocycles. The van der Waals surface area contributed by atoms with Gasteiger partial charge in [-0.15, -0.1) is 0 Å². The molecule has 1 atom stereocenters. The fraction of sp³-hybridized carbons (Fsp3) is 0.0714. The second-order valence-corrected chi connectivity index (χ2v) is 4.54. The molecule has 0 aliphatic carbocycles. The summed E-state index contributed by atoms with van der Waals surface area (Å²) in [6.45, 7) is 0. The average Bonchev–Trinajstić information content (AvgIpc) is 2.81. The number of aliphatic hydroxyl groups is 1. The maximum Gasteiger partial charge on any atom is 0.138 e. The minimum atomic E-state index is -1.01. The highest BCUT2D eigenvalue weighted by Gasteiger charge is 2.18. The van der Waals surface area contributed by atoms with Crippen LogP contribution in [0, 0.1) is 5.82 Å². The van der Waals surface area contributed by atoms with Gasteiger partial charge in [0, 0.05) is 23.3 Å². The van der Waals surface area contributed by atoms with Crippen molar-refractivity contribution in [1.82, 2.24) is 4.98 Å². The number of hydrogen-bond acceptors (Lipinski definition) is 3. The lowest BCUT2D eigenvalue weighted by Crippen LogP contribution is -1.99. The maximum atomic E-state index is 13.1. The van der Waals surface area contributed by atoms with Gasteiger partial charge in [-0.2, -0.15) is 0 Å².